The molecule has 1 amide bonds. The maximum absolute atomic E-state index is 14.8. The van der Waals surface area contributed by atoms with E-state index < -0.39 is 5.60 Å². The first kappa shape index (κ1) is 24.7. The number of anilines is 1. The van der Waals surface area contributed by atoms with Crippen LogP contribution in [0, 0.1) is 5.82 Å². The second-order valence-corrected chi connectivity index (χ2v) is 8.29. The summed E-state index contributed by atoms with van der Waals surface area (Å²) in [4.78, 5) is 20.0. The van der Waals surface area contributed by atoms with Crippen LogP contribution in [0.2, 0.25) is 0 Å². The van der Waals surface area contributed by atoms with Gasteiger partial charge in [0.2, 0.25) is 0 Å². The van der Waals surface area contributed by atoms with Crippen molar-refractivity contribution in [3.63, 3.8) is 0 Å². The molecule has 0 bridgehead atoms. The summed E-state index contributed by atoms with van der Waals surface area (Å²) in [5.74, 6) is 0.367. The lowest BCUT2D eigenvalue weighted by Crippen LogP contribution is -2.50. The van der Waals surface area contributed by atoms with E-state index in [1.165, 1.54) is 6.07 Å². The second kappa shape index (κ2) is 11.7. The molecule has 0 unspecified atom stereocenters. The van der Waals surface area contributed by atoms with Crippen LogP contribution in [0.15, 0.2) is 23.2 Å². The standard InChI is InChI=1S/C22H36FN5O3/c1-6-30-14-9-25-20(24-5)26-16-17-7-8-19(18(23)15-17)27-10-12-28(13-11-27)21(29)31-22(2,3)4/h7-8,15H,6,9-14,16H2,1-5H3,(H2,24,25,26). The molecular formula is C22H36FN5O3. The average Bonchev–Trinajstić information content (AvgIpc) is 2.72. The number of ether oxygens (including phenoxy) is 2. The van der Waals surface area contributed by atoms with Gasteiger partial charge in [-0.2, -0.15) is 0 Å². The summed E-state index contributed by atoms with van der Waals surface area (Å²) in [6, 6.07) is 5.23. The molecule has 2 rings (SSSR count). The number of piperazine rings is 1. The number of guanidine groups is 1. The first-order valence-electron chi connectivity index (χ1n) is 10.8. The summed E-state index contributed by atoms with van der Waals surface area (Å²) in [6.07, 6.45) is -0.322. The molecule has 0 atom stereocenters. The van der Waals surface area contributed by atoms with Gasteiger partial charge >= 0.3 is 6.09 Å². The number of nitrogens with one attached hydrogen (secondary N) is 2. The molecule has 0 spiro atoms. The van der Waals surface area contributed by atoms with Gasteiger partial charge in [0.15, 0.2) is 5.96 Å². The van der Waals surface area contributed by atoms with Crippen LogP contribution in [-0.4, -0.2) is 75.5 Å². The summed E-state index contributed by atoms with van der Waals surface area (Å²) in [6.45, 7) is 12.0. The number of hydrogen-bond donors (Lipinski definition) is 2. The summed E-state index contributed by atoms with van der Waals surface area (Å²) in [5, 5.41) is 6.32. The van der Waals surface area contributed by atoms with Crippen LogP contribution in [0.3, 0.4) is 0 Å². The minimum Gasteiger partial charge on any atom is -0.444 e. The molecule has 1 aliphatic heterocycles. The highest BCUT2D eigenvalue weighted by molar-refractivity contribution is 5.79. The van der Waals surface area contributed by atoms with Gasteiger partial charge in [-0.15, -0.1) is 0 Å². The number of amides is 1. The number of benzene rings is 1. The van der Waals surface area contributed by atoms with E-state index in [1.807, 2.05) is 38.7 Å². The first-order chi connectivity index (χ1) is 14.7. The lowest BCUT2D eigenvalue weighted by Gasteiger charge is -2.36. The highest BCUT2D eigenvalue weighted by Gasteiger charge is 2.26. The normalized spacial score (nSPS) is 15.1. The van der Waals surface area contributed by atoms with E-state index in [0.29, 0.717) is 64.1 Å². The number of rotatable bonds is 7. The summed E-state index contributed by atoms with van der Waals surface area (Å²) < 4.78 is 25.5. The van der Waals surface area contributed by atoms with Crippen molar-refractivity contribution in [1.82, 2.24) is 15.5 Å². The molecule has 1 heterocycles. The van der Waals surface area contributed by atoms with Crippen molar-refractivity contribution >= 4 is 17.7 Å². The van der Waals surface area contributed by atoms with Gasteiger partial charge in [0.05, 0.1) is 12.3 Å². The number of aliphatic imine (C=N–C) groups is 1. The molecule has 31 heavy (non-hydrogen) atoms. The molecular weight excluding hydrogens is 401 g/mol. The van der Waals surface area contributed by atoms with Crippen LogP contribution in [-0.2, 0) is 16.0 Å². The van der Waals surface area contributed by atoms with Gasteiger partial charge in [-0.3, -0.25) is 4.99 Å². The third-order valence-corrected chi connectivity index (χ3v) is 4.71. The second-order valence-electron chi connectivity index (χ2n) is 8.29. The van der Waals surface area contributed by atoms with Crippen molar-refractivity contribution in [2.45, 2.75) is 39.8 Å². The van der Waals surface area contributed by atoms with E-state index in [2.05, 4.69) is 15.6 Å². The van der Waals surface area contributed by atoms with E-state index in [-0.39, 0.29) is 11.9 Å². The number of halogens is 1. The number of nitrogens with zero attached hydrogens (tertiary/aromatic N) is 3. The molecule has 1 aromatic rings. The Kier molecular flexibility index (Phi) is 9.36. The molecule has 1 saturated heterocycles. The maximum atomic E-state index is 14.8. The Morgan fingerprint density at radius 3 is 2.48 bits per heavy atom. The molecule has 2 N–H and O–H groups in total. The summed E-state index contributed by atoms with van der Waals surface area (Å²) in [5.41, 5.74) is 0.846. The van der Waals surface area contributed by atoms with Gasteiger partial charge in [-0.1, -0.05) is 6.07 Å². The lowest BCUT2D eigenvalue weighted by molar-refractivity contribution is 0.0240. The average molecular weight is 438 g/mol. The van der Waals surface area contributed by atoms with Crippen molar-refractivity contribution in [3.05, 3.63) is 29.6 Å². The van der Waals surface area contributed by atoms with Crippen molar-refractivity contribution in [3.8, 4) is 0 Å². The third kappa shape index (κ3) is 8.24. The third-order valence-electron chi connectivity index (χ3n) is 4.71. The zero-order valence-corrected chi connectivity index (χ0v) is 19.3. The highest BCUT2D eigenvalue weighted by atomic mass is 19.1. The van der Waals surface area contributed by atoms with E-state index in [0.717, 1.165) is 5.56 Å². The molecule has 9 heteroatoms. The van der Waals surface area contributed by atoms with Crippen molar-refractivity contribution < 1.29 is 18.7 Å². The van der Waals surface area contributed by atoms with Gasteiger partial charge in [0, 0.05) is 52.9 Å². The number of carbonyl (C=O) groups is 1. The van der Waals surface area contributed by atoms with Crippen LogP contribution < -0.4 is 15.5 Å². The Labute approximate surface area is 184 Å². The van der Waals surface area contributed by atoms with Crippen molar-refractivity contribution in [2.75, 3.05) is 57.9 Å². The van der Waals surface area contributed by atoms with E-state index in [9.17, 15) is 9.18 Å². The molecule has 8 nitrogen and oxygen atoms in total. The molecule has 0 aromatic heterocycles. The van der Waals surface area contributed by atoms with Gasteiger partial charge in [-0.25, -0.2) is 9.18 Å². The predicted molar refractivity (Wildman–Crippen MR) is 121 cm³/mol. The minimum atomic E-state index is -0.522. The van der Waals surface area contributed by atoms with Gasteiger partial charge < -0.3 is 29.9 Å². The Morgan fingerprint density at radius 2 is 1.90 bits per heavy atom. The van der Waals surface area contributed by atoms with Gasteiger partial charge in [0.1, 0.15) is 11.4 Å². The van der Waals surface area contributed by atoms with Crippen LogP contribution in [0.4, 0.5) is 14.9 Å². The topological polar surface area (TPSA) is 78.4 Å². The van der Waals surface area contributed by atoms with Crippen molar-refractivity contribution in [1.29, 1.82) is 0 Å². The molecule has 1 aliphatic rings. The Morgan fingerprint density at radius 1 is 1.19 bits per heavy atom. The lowest BCUT2D eigenvalue weighted by atomic mass is 10.1. The SMILES string of the molecule is CCOCCNC(=NC)NCc1ccc(N2CCN(C(=O)OC(C)(C)C)CC2)c(F)c1. The minimum absolute atomic E-state index is 0.274. The van der Waals surface area contributed by atoms with E-state index >= 15 is 0 Å². The molecule has 1 aromatic carbocycles. The molecule has 0 aliphatic carbocycles. The smallest absolute Gasteiger partial charge is 0.410 e. The van der Waals surface area contributed by atoms with Crippen LogP contribution in [0.1, 0.15) is 33.3 Å². The van der Waals surface area contributed by atoms with Crippen LogP contribution >= 0.6 is 0 Å². The molecule has 0 radical (unpaired) electrons. The van der Waals surface area contributed by atoms with Crippen LogP contribution in [0.5, 0.6) is 0 Å². The van der Waals surface area contributed by atoms with E-state index in [4.69, 9.17) is 9.47 Å². The number of hydrogen-bond acceptors (Lipinski definition) is 5. The van der Waals surface area contributed by atoms with Crippen LogP contribution in [0.25, 0.3) is 0 Å². The Bertz CT molecular complexity index is 743. The molecule has 174 valence electrons. The van der Waals surface area contributed by atoms with Gasteiger partial charge in [0.25, 0.3) is 0 Å². The monoisotopic (exact) mass is 437 g/mol. The highest BCUT2D eigenvalue weighted by Crippen LogP contribution is 2.22. The van der Waals surface area contributed by atoms with Crippen molar-refractivity contribution in [2.24, 2.45) is 4.99 Å². The summed E-state index contributed by atoms with van der Waals surface area (Å²) >= 11 is 0. The number of carbonyl (C=O) groups excluding carboxylic acids is 1. The Hall–Kier alpha value is -2.55. The maximum Gasteiger partial charge on any atom is 0.410 e. The zero-order chi connectivity index (χ0) is 22.9. The van der Waals surface area contributed by atoms with E-state index in [1.54, 1.807) is 18.0 Å². The fraction of sp³-hybridized carbons (Fsp3) is 0.636. The zero-order valence-electron chi connectivity index (χ0n) is 19.3. The largest absolute Gasteiger partial charge is 0.444 e. The molecule has 0 saturated carbocycles. The summed E-state index contributed by atoms with van der Waals surface area (Å²) in [7, 11) is 1.69. The Balaban J connectivity index is 1.85. The fourth-order valence-corrected chi connectivity index (χ4v) is 3.17. The molecule has 1 fully saturated rings. The fourth-order valence-electron chi connectivity index (χ4n) is 3.17. The first-order valence-corrected chi connectivity index (χ1v) is 10.8. The predicted octanol–water partition coefficient (Wildman–Crippen LogP) is 2.58. The van der Waals surface area contributed by atoms with Gasteiger partial charge in [-0.05, 0) is 45.4 Å². The quantitative estimate of drug-likeness (QED) is 0.388.